The Kier molecular flexibility index (Phi) is 4.02. The lowest BCUT2D eigenvalue weighted by atomic mass is 10.1. The Morgan fingerprint density at radius 2 is 2.06 bits per heavy atom. The Hall–Kier alpha value is -1.88. The fourth-order valence-electron chi connectivity index (χ4n) is 1.38. The maximum absolute atomic E-state index is 11.3. The van der Waals surface area contributed by atoms with E-state index < -0.39 is 5.91 Å². The van der Waals surface area contributed by atoms with Gasteiger partial charge in [-0.1, -0.05) is 6.07 Å². The lowest BCUT2D eigenvalue weighted by molar-refractivity contribution is -0.116. The smallest absolute Gasteiger partial charge is 0.249 e. The fraction of sp³-hybridized carbons (Fsp3) is 0.273. The van der Waals surface area contributed by atoms with Gasteiger partial charge in [-0.2, -0.15) is 0 Å². The van der Waals surface area contributed by atoms with E-state index in [0.717, 1.165) is 0 Å². The molecule has 0 bridgehead atoms. The number of nitrogens with two attached hydrogens (primary N) is 2. The highest BCUT2D eigenvalue weighted by atomic mass is 16.2. The number of rotatable bonds is 4. The molecule has 0 atom stereocenters. The molecule has 1 aromatic rings. The molecule has 0 radical (unpaired) electrons. The zero-order valence-corrected chi connectivity index (χ0v) is 9.12. The number of carbonyl (C=O) groups is 2. The predicted octanol–water partition coefficient (Wildman–Crippen LogP) is 0.381. The average molecular weight is 221 g/mol. The number of carbonyl (C=O) groups excluding carboxylic acids is 2. The summed E-state index contributed by atoms with van der Waals surface area (Å²) in [5, 5.41) is 2.68. The zero-order valence-electron chi connectivity index (χ0n) is 9.12. The molecule has 0 spiro atoms. The van der Waals surface area contributed by atoms with Gasteiger partial charge in [0.05, 0.1) is 0 Å². The van der Waals surface area contributed by atoms with E-state index in [-0.39, 0.29) is 12.3 Å². The molecule has 16 heavy (non-hydrogen) atoms. The summed E-state index contributed by atoms with van der Waals surface area (Å²) >= 11 is 0. The van der Waals surface area contributed by atoms with E-state index in [9.17, 15) is 9.59 Å². The molecule has 0 aliphatic carbocycles. The molecule has 0 heterocycles. The fourth-order valence-corrected chi connectivity index (χ4v) is 1.38. The van der Waals surface area contributed by atoms with Gasteiger partial charge in [-0.3, -0.25) is 9.59 Å². The second kappa shape index (κ2) is 5.27. The van der Waals surface area contributed by atoms with Crippen LogP contribution in [0.1, 0.15) is 22.3 Å². The van der Waals surface area contributed by atoms with Gasteiger partial charge in [0, 0.05) is 24.2 Å². The van der Waals surface area contributed by atoms with Crippen LogP contribution in [0, 0.1) is 6.92 Å². The first kappa shape index (κ1) is 12.2. The van der Waals surface area contributed by atoms with E-state index in [1.165, 1.54) is 0 Å². The third kappa shape index (κ3) is 2.80. The molecule has 0 fully saturated rings. The summed E-state index contributed by atoms with van der Waals surface area (Å²) in [6.45, 7) is 2.03. The van der Waals surface area contributed by atoms with Crippen LogP contribution in [-0.4, -0.2) is 18.4 Å². The highest BCUT2D eigenvalue weighted by Crippen LogP contribution is 2.18. The van der Waals surface area contributed by atoms with Gasteiger partial charge < -0.3 is 16.8 Å². The average Bonchev–Trinajstić information content (AvgIpc) is 2.21. The van der Waals surface area contributed by atoms with Crippen LogP contribution in [0.25, 0.3) is 0 Å². The van der Waals surface area contributed by atoms with Crippen molar-refractivity contribution in [1.82, 2.24) is 0 Å². The first-order valence-corrected chi connectivity index (χ1v) is 4.95. The van der Waals surface area contributed by atoms with Gasteiger partial charge >= 0.3 is 0 Å². The van der Waals surface area contributed by atoms with Crippen LogP contribution in [0.3, 0.4) is 0 Å². The van der Waals surface area contributed by atoms with Gasteiger partial charge in [-0.05, 0) is 24.6 Å². The minimum atomic E-state index is -0.507. The van der Waals surface area contributed by atoms with E-state index in [1.807, 2.05) is 0 Å². The van der Waals surface area contributed by atoms with Crippen molar-refractivity contribution in [2.24, 2.45) is 11.5 Å². The summed E-state index contributed by atoms with van der Waals surface area (Å²) in [5.74, 6) is -0.681. The third-order valence-corrected chi connectivity index (χ3v) is 2.24. The van der Waals surface area contributed by atoms with Crippen molar-refractivity contribution in [1.29, 1.82) is 0 Å². The molecule has 0 aliphatic heterocycles. The summed E-state index contributed by atoms with van der Waals surface area (Å²) in [6.07, 6.45) is 0.250. The zero-order chi connectivity index (χ0) is 12.1. The van der Waals surface area contributed by atoms with Crippen LogP contribution in [0.15, 0.2) is 18.2 Å². The van der Waals surface area contributed by atoms with E-state index >= 15 is 0 Å². The van der Waals surface area contributed by atoms with E-state index in [2.05, 4.69) is 5.32 Å². The predicted molar refractivity (Wildman–Crippen MR) is 62.0 cm³/mol. The maximum Gasteiger partial charge on any atom is 0.249 e. The standard InChI is InChI=1S/C11H15N3O2/c1-7-8(11(13)16)3-2-4-9(7)14-10(15)5-6-12/h2-4H,5-6,12H2,1H3,(H2,13,16)(H,14,15). The van der Waals surface area contributed by atoms with Crippen molar-refractivity contribution in [3.05, 3.63) is 29.3 Å². The summed E-state index contributed by atoms with van der Waals surface area (Å²) in [7, 11) is 0. The van der Waals surface area contributed by atoms with Gasteiger partial charge in [-0.15, -0.1) is 0 Å². The highest BCUT2D eigenvalue weighted by molar-refractivity contribution is 5.98. The Morgan fingerprint density at radius 1 is 1.38 bits per heavy atom. The second-order valence-corrected chi connectivity index (χ2v) is 3.43. The number of hydrogen-bond donors (Lipinski definition) is 3. The molecule has 5 nitrogen and oxygen atoms in total. The van der Waals surface area contributed by atoms with E-state index in [4.69, 9.17) is 11.5 Å². The highest BCUT2D eigenvalue weighted by Gasteiger charge is 2.09. The van der Waals surface area contributed by atoms with E-state index in [0.29, 0.717) is 23.4 Å². The molecule has 0 saturated heterocycles. The summed E-state index contributed by atoms with van der Waals surface area (Å²) < 4.78 is 0. The van der Waals surface area contributed by atoms with Crippen LogP contribution >= 0.6 is 0 Å². The topological polar surface area (TPSA) is 98.2 Å². The van der Waals surface area contributed by atoms with Crippen LogP contribution < -0.4 is 16.8 Å². The molecule has 2 amide bonds. The van der Waals surface area contributed by atoms with Crippen LogP contribution in [0.5, 0.6) is 0 Å². The van der Waals surface area contributed by atoms with Crippen molar-refractivity contribution in [3.8, 4) is 0 Å². The normalized spacial score (nSPS) is 9.88. The Morgan fingerprint density at radius 3 is 2.62 bits per heavy atom. The maximum atomic E-state index is 11.3. The lowest BCUT2D eigenvalue weighted by Gasteiger charge is -2.10. The number of nitrogens with one attached hydrogen (secondary N) is 1. The summed E-state index contributed by atoms with van der Waals surface area (Å²) in [5.41, 5.74) is 12.1. The second-order valence-electron chi connectivity index (χ2n) is 3.43. The van der Waals surface area contributed by atoms with Gasteiger partial charge in [0.2, 0.25) is 11.8 Å². The molecule has 0 aliphatic rings. The van der Waals surface area contributed by atoms with Crippen LogP contribution in [0.4, 0.5) is 5.69 Å². The lowest BCUT2D eigenvalue weighted by Crippen LogP contribution is -2.18. The third-order valence-electron chi connectivity index (χ3n) is 2.24. The van der Waals surface area contributed by atoms with Gasteiger partial charge in [-0.25, -0.2) is 0 Å². The monoisotopic (exact) mass is 221 g/mol. The number of anilines is 1. The SMILES string of the molecule is Cc1c(NC(=O)CCN)cccc1C(N)=O. The molecule has 0 aromatic heterocycles. The van der Waals surface area contributed by atoms with Crippen molar-refractivity contribution in [2.45, 2.75) is 13.3 Å². The van der Waals surface area contributed by atoms with Crippen molar-refractivity contribution >= 4 is 17.5 Å². The molecule has 1 aromatic carbocycles. The number of benzene rings is 1. The Balaban J connectivity index is 2.93. The summed E-state index contributed by atoms with van der Waals surface area (Å²) in [6, 6.07) is 5.01. The first-order chi connectivity index (χ1) is 7.56. The minimum absolute atomic E-state index is 0.174. The molecular weight excluding hydrogens is 206 g/mol. The minimum Gasteiger partial charge on any atom is -0.366 e. The van der Waals surface area contributed by atoms with E-state index in [1.54, 1.807) is 25.1 Å². The quantitative estimate of drug-likeness (QED) is 0.685. The molecule has 0 saturated carbocycles. The molecule has 0 unspecified atom stereocenters. The number of amides is 2. The van der Waals surface area contributed by atoms with Crippen molar-refractivity contribution in [2.75, 3.05) is 11.9 Å². The molecular formula is C11H15N3O2. The largest absolute Gasteiger partial charge is 0.366 e. The van der Waals surface area contributed by atoms with Crippen molar-refractivity contribution < 1.29 is 9.59 Å². The van der Waals surface area contributed by atoms with Crippen molar-refractivity contribution in [3.63, 3.8) is 0 Å². The Bertz CT molecular complexity index is 416. The number of hydrogen-bond acceptors (Lipinski definition) is 3. The Labute approximate surface area is 93.8 Å². The van der Waals surface area contributed by atoms with Crippen LogP contribution in [0.2, 0.25) is 0 Å². The molecule has 86 valence electrons. The number of primary amides is 1. The molecule has 5 N–H and O–H groups in total. The summed E-state index contributed by atoms with van der Waals surface area (Å²) in [4.78, 5) is 22.4. The molecule has 1 rings (SSSR count). The van der Waals surface area contributed by atoms with Gasteiger partial charge in [0.25, 0.3) is 0 Å². The van der Waals surface area contributed by atoms with Crippen LogP contribution in [-0.2, 0) is 4.79 Å². The first-order valence-electron chi connectivity index (χ1n) is 4.95. The van der Waals surface area contributed by atoms with Gasteiger partial charge in [0.1, 0.15) is 0 Å². The molecule has 5 heteroatoms. The van der Waals surface area contributed by atoms with Gasteiger partial charge in [0.15, 0.2) is 0 Å².